The third-order valence-electron chi connectivity index (χ3n) is 5.16. The number of hydrogen-bond acceptors (Lipinski definition) is 3. The molecule has 0 aliphatic rings. The third-order valence-corrected chi connectivity index (χ3v) is 5.16. The van der Waals surface area contributed by atoms with Crippen molar-refractivity contribution in [3.63, 3.8) is 0 Å². The van der Waals surface area contributed by atoms with E-state index in [2.05, 4.69) is 5.32 Å². The summed E-state index contributed by atoms with van der Waals surface area (Å²) in [5, 5.41) is 4.98. The van der Waals surface area contributed by atoms with Gasteiger partial charge in [-0.05, 0) is 34.0 Å². The third kappa shape index (κ3) is 5.17. The van der Waals surface area contributed by atoms with Gasteiger partial charge in [0.25, 0.3) is 5.91 Å². The molecule has 0 radical (unpaired) electrons. The molecule has 0 saturated heterocycles. The van der Waals surface area contributed by atoms with Crippen molar-refractivity contribution in [2.75, 3.05) is 0 Å². The molecule has 31 heavy (non-hydrogen) atoms. The van der Waals surface area contributed by atoms with Crippen LogP contribution in [0.1, 0.15) is 21.5 Å². The molecule has 0 aromatic heterocycles. The van der Waals surface area contributed by atoms with Crippen LogP contribution >= 0.6 is 0 Å². The van der Waals surface area contributed by atoms with Crippen LogP contribution in [0.2, 0.25) is 0 Å². The first-order chi connectivity index (χ1) is 15.2. The summed E-state index contributed by atoms with van der Waals surface area (Å²) in [6.07, 6.45) is 0.355. The van der Waals surface area contributed by atoms with Gasteiger partial charge in [0, 0.05) is 12.0 Å². The van der Waals surface area contributed by atoms with Gasteiger partial charge in [-0.1, -0.05) is 91.0 Å². The van der Waals surface area contributed by atoms with Gasteiger partial charge in [0.15, 0.2) is 0 Å². The van der Waals surface area contributed by atoms with Gasteiger partial charge in [-0.2, -0.15) is 0 Å². The van der Waals surface area contributed by atoms with E-state index in [-0.39, 0.29) is 12.5 Å². The van der Waals surface area contributed by atoms with E-state index in [0.717, 1.165) is 21.9 Å². The summed E-state index contributed by atoms with van der Waals surface area (Å²) in [6.45, 7) is 0.146. The molecule has 0 saturated carbocycles. The van der Waals surface area contributed by atoms with Gasteiger partial charge in [-0.3, -0.25) is 4.79 Å². The molecule has 0 spiro atoms. The van der Waals surface area contributed by atoms with Crippen molar-refractivity contribution >= 4 is 22.6 Å². The second-order valence-electron chi connectivity index (χ2n) is 7.33. The van der Waals surface area contributed by atoms with Crippen LogP contribution < -0.4 is 5.32 Å². The Hall–Kier alpha value is -3.92. The molecule has 4 nitrogen and oxygen atoms in total. The Balaban J connectivity index is 1.51. The number of nitrogens with one attached hydrogen (secondary N) is 1. The zero-order chi connectivity index (χ0) is 21.5. The van der Waals surface area contributed by atoms with Crippen LogP contribution in [-0.4, -0.2) is 17.9 Å². The zero-order valence-electron chi connectivity index (χ0n) is 17.0. The SMILES string of the molecule is O=C(N[C@@H](Cc1ccccc1)C(=O)OCc1cccc2ccccc12)c1ccccc1. The Kier molecular flexibility index (Phi) is 6.38. The number of hydrogen-bond donors (Lipinski definition) is 1. The molecule has 1 N–H and O–H groups in total. The minimum atomic E-state index is -0.787. The molecule has 1 amide bonds. The Labute approximate surface area is 181 Å². The maximum atomic E-state index is 13.0. The Bertz CT molecular complexity index is 1170. The number of benzene rings is 4. The van der Waals surface area contributed by atoms with E-state index in [1.54, 1.807) is 24.3 Å². The zero-order valence-corrected chi connectivity index (χ0v) is 17.0. The molecule has 1 atom stereocenters. The van der Waals surface area contributed by atoms with Gasteiger partial charge in [0.05, 0.1) is 0 Å². The van der Waals surface area contributed by atoms with Crippen molar-refractivity contribution < 1.29 is 14.3 Å². The van der Waals surface area contributed by atoms with E-state index in [4.69, 9.17) is 4.74 Å². The molecule has 0 aliphatic carbocycles. The largest absolute Gasteiger partial charge is 0.459 e. The Morgan fingerprint density at radius 1 is 0.742 bits per heavy atom. The van der Waals surface area contributed by atoms with Gasteiger partial charge < -0.3 is 10.1 Å². The minimum absolute atomic E-state index is 0.146. The predicted octanol–water partition coefficient (Wildman–Crippen LogP) is 4.92. The monoisotopic (exact) mass is 409 g/mol. The lowest BCUT2D eigenvalue weighted by atomic mass is 10.0. The average Bonchev–Trinajstić information content (AvgIpc) is 2.83. The number of esters is 1. The molecule has 0 fully saturated rings. The van der Waals surface area contributed by atoms with E-state index < -0.39 is 12.0 Å². The molecule has 0 aliphatic heterocycles. The normalized spacial score (nSPS) is 11.6. The van der Waals surface area contributed by atoms with Gasteiger partial charge >= 0.3 is 5.97 Å². The fourth-order valence-electron chi connectivity index (χ4n) is 3.54. The smallest absolute Gasteiger partial charge is 0.329 e. The highest BCUT2D eigenvalue weighted by Gasteiger charge is 2.23. The van der Waals surface area contributed by atoms with E-state index in [1.807, 2.05) is 78.9 Å². The number of amides is 1. The molecule has 154 valence electrons. The predicted molar refractivity (Wildman–Crippen MR) is 122 cm³/mol. The van der Waals surface area contributed by atoms with Gasteiger partial charge in [-0.25, -0.2) is 4.79 Å². The van der Waals surface area contributed by atoms with E-state index >= 15 is 0 Å². The first kappa shape index (κ1) is 20.4. The number of carbonyl (C=O) groups excluding carboxylic acids is 2. The summed E-state index contributed by atoms with van der Waals surface area (Å²) in [7, 11) is 0. The van der Waals surface area contributed by atoms with Crippen molar-refractivity contribution in [3.05, 3.63) is 120 Å². The number of carbonyl (C=O) groups is 2. The van der Waals surface area contributed by atoms with Crippen LogP contribution in [0.5, 0.6) is 0 Å². The fraction of sp³-hybridized carbons (Fsp3) is 0.111. The second kappa shape index (κ2) is 9.72. The number of fused-ring (bicyclic) bond motifs is 1. The lowest BCUT2D eigenvalue weighted by Gasteiger charge is -2.18. The molecule has 0 unspecified atom stereocenters. The summed E-state index contributed by atoms with van der Waals surface area (Å²) in [4.78, 5) is 25.7. The molecule has 0 bridgehead atoms. The van der Waals surface area contributed by atoms with Crippen LogP contribution in [0.25, 0.3) is 10.8 Å². The summed E-state index contributed by atoms with van der Waals surface area (Å²) in [5.74, 6) is -0.760. The summed E-state index contributed by atoms with van der Waals surface area (Å²) >= 11 is 0. The Morgan fingerprint density at radius 2 is 1.39 bits per heavy atom. The van der Waals surface area contributed by atoms with E-state index in [9.17, 15) is 9.59 Å². The Morgan fingerprint density at radius 3 is 2.16 bits per heavy atom. The lowest BCUT2D eigenvalue weighted by molar-refractivity contribution is -0.147. The summed E-state index contributed by atoms with van der Waals surface area (Å²) in [6, 6.07) is 31.6. The lowest BCUT2D eigenvalue weighted by Crippen LogP contribution is -2.43. The van der Waals surface area contributed by atoms with E-state index in [1.165, 1.54) is 0 Å². The highest BCUT2D eigenvalue weighted by Crippen LogP contribution is 2.19. The molecule has 4 heteroatoms. The van der Waals surface area contributed by atoms with Crippen LogP contribution in [0.15, 0.2) is 103 Å². The molecule has 4 rings (SSSR count). The molecular weight excluding hydrogens is 386 g/mol. The maximum Gasteiger partial charge on any atom is 0.329 e. The second-order valence-corrected chi connectivity index (χ2v) is 7.33. The fourth-order valence-corrected chi connectivity index (χ4v) is 3.54. The van der Waals surface area contributed by atoms with Gasteiger partial charge in [-0.15, -0.1) is 0 Å². The van der Waals surface area contributed by atoms with Crippen LogP contribution in [0.4, 0.5) is 0 Å². The van der Waals surface area contributed by atoms with Crippen molar-refractivity contribution in [3.8, 4) is 0 Å². The van der Waals surface area contributed by atoms with Crippen LogP contribution in [0.3, 0.4) is 0 Å². The van der Waals surface area contributed by atoms with Crippen LogP contribution in [0, 0.1) is 0 Å². The topological polar surface area (TPSA) is 55.4 Å². The number of rotatable bonds is 7. The summed E-state index contributed by atoms with van der Waals surface area (Å²) < 4.78 is 5.65. The maximum absolute atomic E-state index is 13.0. The van der Waals surface area contributed by atoms with Gasteiger partial charge in [0.2, 0.25) is 0 Å². The average molecular weight is 409 g/mol. The highest BCUT2D eigenvalue weighted by atomic mass is 16.5. The molecule has 4 aromatic rings. The number of ether oxygens (including phenoxy) is 1. The van der Waals surface area contributed by atoms with Crippen molar-refractivity contribution in [1.29, 1.82) is 0 Å². The quantitative estimate of drug-likeness (QED) is 0.441. The first-order valence-electron chi connectivity index (χ1n) is 10.2. The standard InChI is InChI=1S/C27H23NO3/c29-26(22-13-5-2-6-14-22)28-25(18-20-10-3-1-4-11-20)27(30)31-19-23-16-9-15-21-12-7-8-17-24(21)23/h1-17,25H,18-19H2,(H,28,29)/t25-/m0/s1. The van der Waals surface area contributed by atoms with E-state index in [0.29, 0.717) is 12.0 Å². The molecular formula is C27H23NO3. The van der Waals surface area contributed by atoms with Crippen molar-refractivity contribution in [2.24, 2.45) is 0 Å². The van der Waals surface area contributed by atoms with Crippen molar-refractivity contribution in [2.45, 2.75) is 19.1 Å². The summed E-state index contributed by atoms with van der Waals surface area (Å²) in [5.41, 5.74) is 2.38. The van der Waals surface area contributed by atoms with Crippen molar-refractivity contribution in [1.82, 2.24) is 5.32 Å². The highest BCUT2D eigenvalue weighted by molar-refractivity contribution is 5.96. The van der Waals surface area contributed by atoms with Gasteiger partial charge in [0.1, 0.15) is 12.6 Å². The minimum Gasteiger partial charge on any atom is -0.459 e. The first-order valence-corrected chi connectivity index (χ1v) is 10.2. The molecule has 4 aromatic carbocycles. The molecule has 0 heterocycles. The van der Waals surface area contributed by atoms with Crippen LogP contribution in [-0.2, 0) is 22.6 Å².